The molecule has 0 saturated carbocycles. The highest BCUT2D eigenvalue weighted by atomic mass is 35.5. The lowest BCUT2D eigenvalue weighted by molar-refractivity contribution is 0.685. The standard InChI is InChI=1S/C7H10ClN3S/c1-11-7(9-6-10-11)12-5-3-2-4-8/h2-3,6H,4-5H2,1H3/b3-2+. The second-order valence-electron chi connectivity index (χ2n) is 2.10. The van der Waals surface area contributed by atoms with Gasteiger partial charge < -0.3 is 0 Å². The smallest absolute Gasteiger partial charge is 0.186 e. The molecule has 66 valence electrons. The fourth-order valence-corrected chi connectivity index (χ4v) is 1.53. The average molecular weight is 204 g/mol. The van der Waals surface area contributed by atoms with E-state index in [-0.39, 0.29) is 0 Å². The van der Waals surface area contributed by atoms with E-state index < -0.39 is 0 Å². The molecule has 1 heterocycles. The monoisotopic (exact) mass is 203 g/mol. The molecule has 1 aromatic rings. The van der Waals surface area contributed by atoms with Crippen molar-refractivity contribution < 1.29 is 0 Å². The van der Waals surface area contributed by atoms with Crippen LogP contribution < -0.4 is 0 Å². The Labute approximate surface area is 80.8 Å². The average Bonchev–Trinajstić information content (AvgIpc) is 2.46. The third-order valence-electron chi connectivity index (χ3n) is 1.23. The van der Waals surface area contributed by atoms with Crippen LogP contribution in [0, 0.1) is 0 Å². The van der Waals surface area contributed by atoms with Crippen molar-refractivity contribution in [3.05, 3.63) is 18.5 Å². The van der Waals surface area contributed by atoms with Gasteiger partial charge in [-0.05, 0) is 0 Å². The summed E-state index contributed by atoms with van der Waals surface area (Å²) in [6.07, 6.45) is 5.49. The number of aryl methyl sites for hydroxylation is 1. The topological polar surface area (TPSA) is 30.7 Å². The lowest BCUT2D eigenvalue weighted by Crippen LogP contribution is -1.92. The molecule has 0 spiro atoms. The highest BCUT2D eigenvalue weighted by Crippen LogP contribution is 2.12. The zero-order valence-corrected chi connectivity index (χ0v) is 8.35. The van der Waals surface area contributed by atoms with Gasteiger partial charge in [0.1, 0.15) is 6.33 Å². The molecule has 0 aromatic carbocycles. The van der Waals surface area contributed by atoms with Gasteiger partial charge in [0, 0.05) is 18.7 Å². The Balaban J connectivity index is 2.33. The third kappa shape index (κ3) is 2.87. The molecule has 1 rings (SSSR count). The van der Waals surface area contributed by atoms with E-state index in [1.807, 2.05) is 19.2 Å². The number of halogens is 1. The van der Waals surface area contributed by atoms with E-state index in [4.69, 9.17) is 11.6 Å². The lowest BCUT2D eigenvalue weighted by atomic mass is 10.6. The van der Waals surface area contributed by atoms with Gasteiger partial charge in [-0.2, -0.15) is 5.10 Å². The number of rotatable bonds is 4. The summed E-state index contributed by atoms with van der Waals surface area (Å²) in [5.41, 5.74) is 0. The fraction of sp³-hybridized carbons (Fsp3) is 0.429. The van der Waals surface area contributed by atoms with Gasteiger partial charge in [0.25, 0.3) is 0 Å². The minimum absolute atomic E-state index is 0.569. The Morgan fingerprint density at radius 2 is 2.50 bits per heavy atom. The molecule has 0 fully saturated rings. The van der Waals surface area contributed by atoms with Crippen molar-refractivity contribution in [3.63, 3.8) is 0 Å². The Bertz CT molecular complexity index is 259. The number of allylic oxidation sites excluding steroid dienone is 1. The number of alkyl halides is 1. The molecule has 12 heavy (non-hydrogen) atoms. The number of aromatic nitrogens is 3. The minimum atomic E-state index is 0.569. The van der Waals surface area contributed by atoms with E-state index in [9.17, 15) is 0 Å². The van der Waals surface area contributed by atoms with Crippen LogP contribution in [0.4, 0.5) is 0 Å². The van der Waals surface area contributed by atoms with Crippen LogP contribution in [0.15, 0.2) is 23.6 Å². The van der Waals surface area contributed by atoms with Crippen molar-refractivity contribution in [2.24, 2.45) is 7.05 Å². The third-order valence-corrected chi connectivity index (χ3v) is 2.40. The van der Waals surface area contributed by atoms with E-state index in [0.717, 1.165) is 10.9 Å². The quantitative estimate of drug-likeness (QED) is 0.424. The van der Waals surface area contributed by atoms with E-state index in [1.165, 1.54) is 0 Å². The minimum Gasteiger partial charge on any atom is -0.244 e. The predicted octanol–water partition coefficient (Wildman–Crippen LogP) is 1.70. The van der Waals surface area contributed by atoms with E-state index >= 15 is 0 Å². The SMILES string of the molecule is Cn1ncnc1SC/C=C/CCl. The summed E-state index contributed by atoms with van der Waals surface area (Å²) >= 11 is 7.10. The van der Waals surface area contributed by atoms with Crippen LogP contribution >= 0.6 is 23.4 Å². The summed E-state index contributed by atoms with van der Waals surface area (Å²) in [6.45, 7) is 0. The zero-order valence-electron chi connectivity index (χ0n) is 6.77. The summed E-state index contributed by atoms with van der Waals surface area (Å²) in [5.74, 6) is 1.46. The Morgan fingerprint density at radius 3 is 3.08 bits per heavy atom. The Kier molecular flexibility index (Phi) is 4.18. The van der Waals surface area contributed by atoms with Crippen molar-refractivity contribution >= 4 is 23.4 Å². The van der Waals surface area contributed by atoms with Crippen molar-refractivity contribution in [2.75, 3.05) is 11.6 Å². The van der Waals surface area contributed by atoms with Gasteiger partial charge in [0.15, 0.2) is 5.16 Å². The summed E-state index contributed by atoms with van der Waals surface area (Å²) in [7, 11) is 1.88. The summed E-state index contributed by atoms with van der Waals surface area (Å²) in [4.78, 5) is 4.06. The second-order valence-corrected chi connectivity index (χ2v) is 3.40. The predicted molar refractivity (Wildman–Crippen MR) is 51.6 cm³/mol. The number of thioether (sulfide) groups is 1. The Morgan fingerprint density at radius 1 is 1.67 bits per heavy atom. The molecule has 0 unspecified atom stereocenters. The first kappa shape index (κ1) is 9.61. The van der Waals surface area contributed by atoms with E-state index in [2.05, 4.69) is 10.1 Å². The second kappa shape index (κ2) is 5.22. The van der Waals surface area contributed by atoms with Crippen LogP contribution in [0.2, 0.25) is 0 Å². The molecular weight excluding hydrogens is 194 g/mol. The first-order chi connectivity index (χ1) is 5.84. The molecule has 0 amide bonds. The highest BCUT2D eigenvalue weighted by molar-refractivity contribution is 7.99. The molecule has 0 aliphatic carbocycles. The fourth-order valence-electron chi connectivity index (χ4n) is 0.670. The Hall–Kier alpha value is -0.480. The zero-order chi connectivity index (χ0) is 8.81. The molecule has 3 nitrogen and oxygen atoms in total. The van der Waals surface area contributed by atoms with Crippen molar-refractivity contribution in [3.8, 4) is 0 Å². The number of hydrogen-bond acceptors (Lipinski definition) is 3. The molecule has 5 heteroatoms. The van der Waals surface area contributed by atoms with Crippen molar-refractivity contribution in [2.45, 2.75) is 5.16 Å². The molecule has 0 saturated heterocycles. The van der Waals surface area contributed by atoms with Gasteiger partial charge in [-0.3, -0.25) is 0 Å². The molecular formula is C7H10ClN3S. The first-order valence-corrected chi connectivity index (χ1v) is 5.04. The molecule has 1 aromatic heterocycles. The van der Waals surface area contributed by atoms with E-state index in [0.29, 0.717) is 5.88 Å². The van der Waals surface area contributed by atoms with Gasteiger partial charge in [-0.25, -0.2) is 9.67 Å². The van der Waals surface area contributed by atoms with Gasteiger partial charge in [-0.1, -0.05) is 23.9 Å². The van der Waals surface area contributed by atoms with Crippen LogP contribution in [-0.4, -0.2) is 26.4 Å². The molecule has 0 N–H and O–H groups in total. The lowest BCUT2D eigenvalue weighted by Gasteiger charge is -1.94. The summed E-state index contributed by atoms with van der Waals surface area (Å²) in [5, 5.41) is 4.88. The molecule has 0 aliphatic rings. The number of nitrogens with zero attached hydrogens (tertiary/aromatic N) is 3. The maximum Gasteiger partial charge on any atom is 0.186 e. The molecule has 0 aliphatic heterocycles. The van der Waals surface area contributed by atoms with Crippen LogP contribution in [0.25, 0.3) is 0 Å². The van der Waals surface area contributed by atoms with Crippen LogP contribution in [-0.2, 0) is 7.05 Å². The van der Waals surface area contributed by atoms with Crippen molar-refractivity contribution in [1.29, 1.82) is 0 Å². The maximum absolute atomic E-state index is 5.46. The van der Waals surface area contributed by atoms with E-state index in [1.54, 1.807) is 22.8 Å². The number of hydrogen-bond donors (Lipinski definition) is 0. The normalized spacial score (nSPS) is 11.2. The van der Waals surface area contributed by atoms with Crippen molar-refractivity contribution in [1.82, 2.24) is 14.8 Å². The maximum atomic E-state index is 5.46. The van der Waals surface area contributed by atoms with Gasteiger partial charge in [0.2, 0.25) is 0 Å². The van der Waals surface area contributed by atoms with Gasteiger partial charge >= 0.3 is 0 Å². The van der Waals surface area contributed by atoms with Crippen LogP contribution in [0.3, 0.4) is 0 Å². The highest BCUT2D eigenvalue weighted by Gasteiger charge is 1.97. The molecule has 0 atom stereocenters. The van der Waals surface area contributed by atoms with Gasteiger partial charge in [0.05, 0.1) is 0 Å². The molecule has 0 bridgehead atoms. The summed E-state index contributed by atoms with van der Waals surface area (Å²) < 4.78 is 1.75. The van der Waals surface area contributed by atoms with Crippen LogP contribution in [0.1, 0.15) is 0 Å². The first-order valence-electron chi connectivity index (χ1n) is 3.52. The van der Waals surface area contributed by atoms with Crippen LogP contribution in [0.5, 0.6) is 0 Å². The molecule has 0 radical (unpaired) electrons. The largest absolute Gasteiger partial charge is 0.244 e. The van der Waals surface area contributed by atoms with Gasteiger partial charge in [-0.15, -0.1) is 11.6 Å². The summed E-state index contributed by atoms with van der Waals surface area (Å²) in [6, 6.07) is 0.